The number of halogens is 1. The van der Waals surface area contributed by atoms with Crippen molar-refractivity contribution in [2.45, 2.75) is 17.8 Å². The smallest absolute Gasteiger partial charge is 0.237 e. The molecule has 0 atom stereocenters. The van der Waals surface area contributed by atoms with Crippen molar-refractivity contribution in [2.75, 3.05) is 0 Å². The average Bonchev–Trinajstić information content (AvgIpc) is 3.33. The summed E-state index contributed by atoms with van der Waals surface area (Å²) in [7, 11) is 0. The zero-order valence-electron chi connectivity index (χ0n) is 13.0. The summed E-state index contributed by atoms with van der Waals surface area (Å²) in [5.74, 6) is 1.61. The Bertz CT molecular complexity index is 994. The fourth-order valence-electron chi connectivity index (χ4n) is 2.09. The number of benzene rings is 1. The maximum atomic E-state index is 5.32. The van der Waals surface area contributed by atoms with Gasteiger partial charge in [0.2, 0.25) is 16.9 Å². The van der Waals surface area contributed by atoms with E-state index >= 15 is 0 Å². The van der Waals surface area contributed by atoms with Crippen LogP contribution in [-0.4, -0.2) is 30.3 Å². The second-order valence-electron chi connectivity index (χ2n) is 5.14. The summed E-state index contributed by atoms with van der Waals surface area (Å²) in [6, 6.07) is 9.97. The number of hydrogen-bond acceptors (Lipinski definition) is 8. The number of tetrazole rings is 1. The summed E-state index contributed by atoms with van der Waals surface area (Å²) in [4.78, 5) is 5.38. The van der Waals surface area contributed by atoms with E-state index in [0.717, 1.165) is 15.0 Å². The Balaban J connectivity index is 1.48. The molecule has 0 N–H and O–H groups in total. The van der Waals surface area contributed by atoms with Crippen molar-refractivity contribution in [1.82, 2.24) is 30.3 Å². The molecular formula is C15H11BrN6OS2. The molecule has 10 heteroatoms. The molecular weight excluding hydrogens is 424 g/mol. The highest BCUT2D eigenvalue weighted by Crippen LogP contribution is 2.29. The molecule has 1 aromatic carbocycles. The summed E-state index contributed by atoms with van der Waals surface area (Å²) in [6.07, 6.45) is 0. The van der Waals surface area contributed by atoms with Crippen molar-refractivity contribution >= 4 is 39.0 Å². The van der Waals surface area contributed by atoms with E-state index in [-0.39, 0.29) is 0 Å². The van der Waals surface area contributed by atoms with E-state index in [1.165, 1.54) is 17.3 Å². The van der Waals surface area contributed by atoms with Crippen LogP contribution in [0.5, 0.6) is 0 Å². The first kappa shape index (κ1) is 16.4. The molecule has 126 valence electrons. The van der Waals surface area contributed by atoms with Crippen molar-refractivity contribution in [2.24, 2.45) is 0 Å². The van der Waals surface area contributed by atoms with Crippen LogP contribution in [-0.2, 0) is 5.75 Å². The topological polar surface area (TPSA) is 82.5 Å². The molecule has 3 aromatic heterocycles. The molecule has 25 heavy (non-hydrogen) atoms. The number of aryl methyl sites for hydroxylation is 1. The normalized spacial score (nSPS) is 11.1. The third-order valence-electron chi connectivity index (χ3n) is 3.30. The molecule has 0 fully saturated rings. The molecule has 4 aromatic rings. The Morgan fingerprint density at radius 2 is 2.12 bits per heavy atom. The minimum Gasteiger partial charge on any atom is -0.338 e. The van der Waals surface area contributed by atoms with Gasteiger partial charge in [0.25, 0.3) is 0 Å². The summed E-state index contributed by atoms with van der Waals surface area (Å²) >= 11 is 6.42. The standard InChI is InChI=1S/C15H11BrN6OS2/c1-9-2-4-11(5-3-9)22-15(18-20-21-22)25-8-13-17-14(19-23-13)12-6-10(16)7-24-12/h2-7H,8H2,1H3. The largest absolute Gasteiger partial charge is 0.338 e. The van der Waals surface area contributed by atoms with Crippen LogP contribution in [0.2, 0.25) is 0 Å². The van der Waals surface area contributed by atoms with Crippen molar-refractivity contribution in [3.63, 3.8) is 0 Å². The number of nitrogens with zero attached hydrogens (tertiary/aromatic N) is 6. The molecule has 3 heterocycles. The van der Waals surface area contributed by atoms with Crippen molar-refractivity contribution in [3.05, 3.63) is 51.6 Å². The molecule has 0 radical (unpaired) electrons. The van der Waals surface area contributed by atoms with Gasteiger partial charge in [-0.2, -0.15) is 9.67 Å². The lowest BCUT2D eigenvalue weighted by Gasteiger charge is -2.03. The molecule has 0 amide bonds. The van der Waals surface area contributed by atoms with Gasteiger partial charge < -0.3 is 4.52 Å². The number of rotatable bonds is 5. The van der Waals surface area contributed by atoms with E-state index in [1.807, 2.05) is 42.6 Å². The molecule has 7 nitrogen and oxygen atoms in total. The fourth-order valence-corrected chi connectivity index (χ4v) is 4.17. The second-order valence-corrected chi connectivity index (χ2v) is 7.91. The van der Waals surface area contributed by atoms with E-state index in [2.05, 4.69) is 41.6 Å². The second kappa shape index (κ2) is 7.06. The van der Waals surface area contributed by atoms with Gasteiger partial charge in [0.15, 0.2) is 0 Å². The molecule has 0 unspecified atom stereocenters. The Morgan fingerprint density at radius 3 is 2.88 bits per heavy atom. The van der Waals surface area contributed by atoms with Gasteiger partial charge >= 0.3 is 0 Å². The average molecular weight is 435 g/mol. The van der Waals surface area contributed by atoms with E-state index in [9.17, 15) is 0 Å². The number of hydrogen-bond donors (Lipinski definition) is 0. The first-order chi connectivity index (χ1) is 12.2. The summed E-state index contributed by atoms with van der Waals surface area (Å²) in [5.41, 5.74) is 2.09. The van der Waals surface area contributed by atoms with Crippen LogP contribution in [0.3, 0.4) is 0 Å². The number of thiophene rings is 1. The van der Waals surface area contributed by atoms with Crippen LogP contribution in [0.1, 0.15) is 11.5 Å². The third-order valence-corrected chi connectivity index (χ3v) is 5.89. The SMILES string of the molecule is Cc1ccc(-n2nnnc2SCc2nc(-c3cc(Br)cs3)no2)cc1. The van der Waals surface area contributed by atoms with E-state index in [4.69, 9.17) is 4.52 Å². The molecule has 0 saturated heterocycles. The first-order valence-corrected chi connectivity index (χ1v) is 9.90. The highest BCUT2D eigenvalue weighted by molar-refractivity contribution is 9.10. The van der Waals surface area contributed by atoms with Crippen molar-refractivity contribution < 1.29 is 4.52 Å². The zero-order valence-corrected chi connectivity index (χ0v) is 16.2. The van der Waals surface area contributed by atoms with E-state index < -0.39 is 0 Å². The monoisotopic (exact) mass is 434 g/mol. The molecule has 0 spiro atoms. The van der Waals surface area contributed by atoms with E-state index in [0.29, 0.717) is 22.6 Å². The van der Waals surface area contributed by atoms with Crippen LogP contribution in [0, 0.1) is 6.92 Å². The zero-order chi connectivity index (χ0) is 17.2. The Kier molecular flexibility index (Phi) is 4.64. The molecule has 0 aliphatic rings. The lowest BCUT2D eigenvalue weighted by atomic mass is 10.2. The highest BCUT2D eigenvalue weighted by Gasteiger charge is 2.14. The maximum Gasteiger partial charge on any atom is 0.237 e. The van der Waals surface area contributed by atoms with Gasteiger partial charge in [-0.15, -0.1) is 16.4 Å². The fraction of sp³-hybridized carbons (Fsp3) is 0.133. The lowest BCUT2D eigenvalue weighted by Crippen LogP contribution is -1.99. The van der Waals surface area contributed by atoms with Crippen LogP contribution >= 0.6 is 39.0 Å². The summed E-state index contributed by atoms with van der Waals surface area (Å²) in [6.45, 7) is 2.04. The van der Waals surface area contributed by atoms with Gasteiger partial charge in [-0.1, -0.05) is 34.6 Å². The minimum absolute atomic E-state index is 0.492. The van der Waals surface area contributed by atoms with Gasteiger partial charge in [-0.25, -0.2) is 0 Å². The Labute approximate surface area is 159 Å². The van der Waals surface area contributed by atoms with Gasteiger partial charge in [-0.3, -0.25) is 0 Å². The predicted octanol–water partition coefficient (Wildman–Crippen LogP) is 4.14. The van der Waals surface area contributed by atoms with Crippen LogP contribution in [0.25, 0.3) is 16.4 Å². The van der Waals surface area contributed by atoms with Crippen molar-refractivity contribution in [1.29, 1.82) is 0 Å². The molecule has 0 saturated carbocycles. The van der Waals surface area contributed by atoms with E-state index in [1.54, 1.807) is 16.0 Å². The molecule has 0 aliphatic heterocycles. The number of aromatic nitrogens is 6. The minimum atomic E-state index is 0.492. The lowest BCUT2D eigenvalue weighted by molar-refractivity contribution is 0.391. The molecule has 0 aliphatic carbocycles. The van der Waals surface area contributed by atoms with Crippen LogP contribution < -0.4 is 0 Å². The quantitative estimate of drug-likeness (QED) is 0.436. The third kappa shape index (κ3) is 3.65. The molecule has 4 rings (SSSR count). The van der Waals surface area contributed by atoms with Gasteiger partial charge in [0.05, 0.1) is 16.3 Å². The van der Waals surface area contributed by atoms with Crippen LogP contribution in [0.15, 0.2) is 49.9 Å². The van der Waals surface area contributed by atoms with Crippen molar-refractivity contribution in [3.8, 4) is 16.4 Å². The number of thioether (sulfide) groups is 1. The molecule has 0 bridgehead atoms. The van der Waals surface area contributed by atoms with Gasteiger partial charge in [0.1, 0.15) is 0 Å². The van der Waals surface area contributed by atoms with Crippen LogP contribution in [0.4, 0.5) is 0 Å². The summed E-state index contributed by atoms with van der Waals surface area (Å²) in [5, 5.41) is 18.6. The predicted molar refractivity (Wildman–Crippen MR) is 98.8 cm³/mol. The van der Waals surface area contributed by atoms with Gasteiger partial charge in [0, 0.05) is 9.85 Å². The summed E-state index contributed by atoms with van der Waals surface area (Å²) < 4.78 is 8.02. The Hall–Kier alpha value is -2.04. The highest BCUT2D eigenvalue weighted by atomic mass is 79.9. The first-order valence-electron chi connectivity index (χ1n) is 7.24. The van der Waals surface area contributed by atoms with Gasteiger partial charge in [-0.05, 0) is 51.5 Å². The maximum absolute atomic E-state index is 5.32. The Morgan fingerprint density at radius 1 is 1.28 bits per heavy atom.